The first kappa shape index (κ1) is 12.9. The molecule has 1 heterocycles. The Labute approximate surface area is 108 Å². The largest absolute Gasteiger partial charge is 0.467 e. The summed E-state index contributed by atoms with van der Waals surface area (Å²) in [4.78, 5) is 0. The second kappa shape index (κ2) is 6.38. The molecule has 0 unspecified atom stereocenters. The molecule has 0 aliphatic rings. The van der Waals surface area contributed by atoms with Crippen LogP contribution in [0.5, 0.6) is 0 Å². The Kier molecular flexibility index (Phi) is 4.56. The summed E-state index contributed by atoms with van der Waals surface area (Å²) >= 11 is 0. The number of rotatable bonds is 6. The van der Waals surface area contributed by atoms with E-state index in [9.17, 15) is 0 Å². The molecule has 0 aliphatic carbocycles. The van der Waals surface area contributed by atoms with Crippen molar-refractivity contribution in [2.75, 3.05) is 20.8 Å². The van der Waals surface area contributed by atoms with Crippen LogP contribution in [0.15, 0.2) is 41.0 Å². The highest BCUT2D eigenvalue weighted by Gasteiger charge is 2.07. The third-order valence-corrected chi connectivity index (χ3v) is 2.94. The molecule has 0 amide bonds. The number of benzene rings is 1. The van der Waals surface area contributed by atoms with Gasteiger partial charge in [0.25, 0.3) is 0 Å². The van der Waals surface area contributed by atoms with E-state index in [0.29, 0.717) is 0 Å². The highest BCUT2D eigenvalue weighted by molar-refractivity contribution is 5.65. The van der Waals surface area contributed by atoms with Gasteiger partial charge in [0.15, 0.2) is 0 Å². The highest BCUT2D eigenvalue weighted by atomic mass is 16.5. The van der Waals surface area contributed by atoms with Gasteiger partial charge >= 0.3 is 0 Å². The van der Waals surface area contributed by atoms with E-state index in [1.54, 1.807) is 13.4 Å². The van der Waals surface area contributed by atoms with Crippen LogP contribution in [0, 0.1) is 0 Å². The second-order valence-electron chi connectivity index (χ2n) is 4.23. The minimum Gasteiger partial charge on any atom is -0.467 e. The number of ether oxygens (including phenoxy) is 1. The first-order valence-electron chi connectivity index (χ1n) is 6.14. The second-order valence-corrected chi connectivity index (χ2v) is 4.23. The van der Waals surface area contributed by atoms with E-state index in [4.69, 9.17) is 9.15 Å². The van der Waals surface area contributed by atoms with Crippen molar-refractivity contribution in [2.24, 2.45) is 0 Å². The van der Waals surface area contributed by atoms with Gasteiger partial charge in [-0.05, 0) is 30.7 Å². The molecule has 0 saturated carbocycles. The number of nitrogens with one attached hydrogen (secondary N) is 1. The van der Waals surface area contributed by atoms with Gasteiger partial charge in [-0.15, -0.1) is 0 Å². The molecule has 1 aromatic heterocycles. The van der Waals surface area contributed by atoms with Gasteiger partial charge in [0.2, 0.25) is 0 Å². The molecule has 3 heteroatoms. The lowest BCUT2D eigenvalue weighted by molar-refractivity contribution is 0.202. The van der Waals surface area contributed by atoms with Crippen LogP contribution in [0.2, 0.25) is 0 Å². The van der Waals surface area contributed by atoms with E-state index in [1.807, 2.05) is 13.1 Å². The Hall–Kier alpha value is -1.58. The minimum atomic E-state index is 0.744. The monoisotopic (exact) mass is 245 g/mol. The highest BCUT2D eigenvalue weighted by Crippen LogP contribution is 2.25. The molecule has 0 atom stereocenters. The van der Waals surface area contributed by atoms with E-state index in [1.165, 1.54) is 11.1 Å². The first-order valence-corrected chi connectivity index (χ1v) is 6.14. The molecule has 3 nitrogen and oxygen atoms in total. The van der Waals surface area contributed by atoms with E-state index >= 15 is 0 Å². The first-order chi connectivity index (χ1) is 8.85. The summed E-state index contributed by atoms with van der Waals surface area (Å²) in [6, 6.07) is 10.6. The van der Waals surface area contributed by atoms with Gasteiger partial charge < -0.3 is 14.5 Å². The van der Waals surface area contributed by atoms with Crippen molar-refractivity contribution in [1.29, 1.82) is 0 Å². The predicted octanol–water partition coefficient (Wildman–Crippen LogP) is 2.85. The molecule has 2 rings (SSSR count). The summed E-state index contributed by atoms with van der Waals surface area (Å²) in [6.45, 7) is 1.50. The van der Waals surface area contributed by atoms with Gasteiger partial charge in [-0.25, -0.2) is 0 Å². The summed E-state index contributed by atoms with van der Waals surface area (Å²) in [5, 5.41) is 3.11. The Balaban J connectivity index is 2.15. The van der Waals surface area contributed by atoms with E-state index in [-0.39, 0.29) is 0 Å². The Morgan fingerprint density at radius 1 is 1.17 bits per heavy atom. The van der Waals surface area contributed by atoms with Crippen LogP contribution >= 0.6 is 0 Å². The van der Waals surface area contributed by atoms with Gasteiger partial charge in [-0.3, -0.25) is 0 Å². The average Bonchev–Trinajstić information content (AvgIpc) is 2.86. The van der Waals surface area contributed by atoms with Crippen molar-refractivity contribution >= 4 is 0 Å². The Morgan fingerprint density at radius 2 is 1.94 bits per heavy atom. The molecule has 0 spiro atoms. The normalized spacial score (nSPS) is 10.8. The standard InChI is InChI=1S/C15H19NO2/c1-16-11-15-14(8-10-18-15)13-5-3-12(4-6-13)7-9-17-2/h3-6,8,10,16H,7,9,11H2,1-2H3. The summed E-state index contributed by atoms with van der Waals surface area (Å²) < 4.78 is 10.5. The van der Waals surface area contributed by atoms with Gasteiger partial charge in [-0.2, -0.15) is 0 Å². The SMILES string of the molecule is CNCc1occc1-c1ccc(CCOC)cc1. The van der Waals surface area contributed by atoms with Crippen LogP contribution in [0.25, 0.3) is 11.1 Å². The number of furan rings is 1. The molecule has 96 valence electrons. The van der Waals surface area contributed by atoms with E-state index in [0.717, 1.165) is 30.9 Å². The van der Waals surface area contributed by atoms with Crippen LogP contribution in [-0.2, 0) is 17.7 Å². The van der Waals surface area contributed by atoms with Crippen molar-refractivity contribution < 1.29 is 9.15 Å². The predicted molar refractivity (Wildman–Crippen MR) is 72.5 cm³/mol. The minimum absolute atomic E-state index is 0.744. The van der Waals surface area contributed by atoms with Gasteiger partial charge in [-0.1, -0.05) is 24.3 Å². The lowest BCUT2D eigenvalue weighted by atomic mass is 10.0. The molecule has 1 N–H and O–H groups in total. The topological polar surface area (TPSA) is 34.4 Å². The molecule has 18 heavy (non-hydrogen) atoms. The molecule has 2 aromatic rings. The Bertz CT molecular complexity index is 473. The number of hydrogen-bond donors (Lipinski definition) is 1. The maximum atomic E-state index is 5.47. The third-order valence-electron chi connectivity index (χ3n) is 2.94. The van der Waals surface area contributed by atoms with Crippen LogP contribution in [0.3, 0.4) is 0 Å². The number of methoxy groups -OCH3 is 1. The maximum absolute atomic E-state index is 5.47. The molecule has 1 aromatic carbocycles. The smallest absolute Gasteiger partial charge is 0.125 e. The molecule has 0 bridgehead atoms. The quantitative estimate of drug-likeness (QED) is 0.849. The summed E-state index contributed by atoms with van der Waals surface area (Å²) in [6.07, 6.45) is 2.69. The van der Waals surface area contributed by atoms with Crippen LogP contribution in [0.1, 0.15) is 11.3 Å². The molecule has 0 saturated heterocycles. The lowest BCUT2D eigenvalue weighted by Crippen LogP contribution is -2.04. The van der Waals surface area contributed by atoms with Crippen molar-refractivity contribution in [2.45, 2.75) is 13.0 Å². The van der Waals surface area contributed by atoms with Gasteiger partial charge in [0.05, 0.1) is 19.4 Å². The zero-order chi connectivity index (χ0) is 12.8. The molecular formula is C15H19NO2. The average molecular weight is 245 g/mol. The summed E-state index contributed by atoms with van der Waals surface area (Å²) in [7, 11) is 3.64. The van der Waals surface area contributed by atoms with Crippen molar-refractivity contribution in [1.82, 2.24) is 5.32 Å². The molecule has 0 fully saturated rings. The van der Waals surface area contributed by atoms with Crippen molar-refractivity contribution in [3.8, 4) is 11.1 Å². The van der Waals surface area contributed by atoms with Crippen LogP contribution in [0.4, 0.5) is 0 Å². The van der Waals surface area contributed by atoms with Gasteiger partial charge in [0, 0.05) is 12.7 Å². The summed E-state index contributed by atoms with van der Waals surface area (Å²) in [5.41, 5.74) is 3.64. The summed E-state index contributed by atoms with van der Waals surface area (Å²) in [5.74, 6) is 0.974. The van der Waals surface area contributed by atoms with Gasteiger partial charge in [0.1, 0.15) is 5.76 Å². The fraction of sp³-hybridized carbons (Fsp3) is 0.333. The zero-order valence-electron chi connectivity index (χ0n) is 10.9. The van der Waals surface area contributed by atoms with Crippen molar-refractivity contribution in [3.05, 3.63) is 47.9 Å². The molecule has 0 aliphatic heterocycles. The lowest BCUT2D eigenvalue weighted by Gasteiger charge is -2.04. The number of hydrogen-bond acceptors (Lipinski definition) is 3. The fourth-order valence-corrected chi connectivity index (χ4v) is 1.97. The van der Waals surface area contributed by atoms with E-state index < -0.39 is 0 Å². The molecular weight excluding hydrogens is 226 g/mol. The molecule has 0 radical (unpaired) electrons. The van der Waals surface area contributed by atoms with Crippen LogP contribution in [-0.4, -0.2) is 20.8 Å². The third kappa shape index (κ3) is 3.00. The maximum Gasteiger partial charge on any atom is 0.125 e. The Morgan fingerprint density at radius 3 is 2.61 bits per heavy atom. The van der Waals surface area contributed by atoms with E-state index in [2.05, 4.69) is 29.6 Å². The zero-order valence-corrected chi connectivity index (χ0v) is 10.9. The van der Waals surface area contributed by atoms with Crippen LogP contribution < -0.4 is 5.32 Å². The fourth-order valence-electron chi connectivity index (χ4n) is 1.97. The van der Waals surface area contributed by atoms with Crippen molar-refractivity contribution in [3.63, 3.8) is 0 Å².